The molecule has 0 aromatic carbocycles. The lowest BCUT2D eigenvalue weighted by atomic mass is 10.1. The first-order valence-electron chi connectivity index (χ1n) is 4.28. The Morgan fingerprint density at radius 3 is 3.08 bits per heavy atom. The lowest BCUT2D eigenvalue weighted by molar-refractivity contribution is 0.971. The van der Waals surface area contributed by atoms with Gasteiger partial charge in [-0.1, -0.05) is 0 Å². The Morgan fingerprint density at radius 2 is 2.38 bits per heavy atom. The molecule has 0 bridgehead atoms. The number of aromatic amines is 2. The van der Waals surface area contributed by atoms with Crippen molar-refractivity contribution in [3.05, 3.63) is 30.1 Å². The minimum atomic E-state index is 0.646. The maximum atomic E-state index is 5.49. The van der Waals surface area contributed by atoms with E-state index in [1.807, 2.05) is 24.5 Å². The average Bonchev–Trinajstić information content (AvgIpc) is 2.71. The molecule has 0 aliphatic heterocycles. The fourth-order valence-corrected chi connectivity index (χ4v) is 1.38. The molecule has 0 fully saturated rings. The van der Waals surface area contributed by atoms with Crippen molar-refractivity contribution in [1.82, 2.24) is 15.2 Å². The van der Waals surface area contributed by atoms with Gasteiger partial charge in [-0.15, -0.1) is 0 Å². The van der Waals surface area contributed by atoms with Gasteiger partial charge in [0, 0.05) is 11.8 Å². The van der Waals surface area contributed by atoms with Crippen LogP contribution in [0.25, 0.3) is 11.4 Å². The van der Waals surface area contributed by atoms with Crippen LogP contribution in [-0.4, -0.2) is 21.7 Å². The van der Waals surface area contributed by atoms with Crippen LogP contribution in [0.1, 0.15) is 5.56 Å². The largest absolute Gasteiger partial charge is 0.360 e. The van der Waals surface area contributed by atoms with E-state index >= 15 is 0 Å². The summed E-state index contributed by atoms with van der Waals surface area (Å²) in [5, 5.41) is 6.95. The van der Waals surface area contributed by atoms with Crippen LogP contribution in [0.4, 0.5) is 0 Å². The zero-order valence-corrected chi connectivity index (χ0v) is 7.25. The Morgan fingerprint density at radius 1 is 1.46 bits per heavy atom. The van der Waals surface area contributed by atoms with Gasteiger partial charge >= 0.3 is 0 Å². The molecule has 0 aliphatic rings. The number of hydrogen-bond acceptors (Lipinski definition) is 2. The van der Waals surface area contributed by atoms with Gasteiger partial charge in [-0.2, -0.15) is 5.10 Å². The van der Waals surface area contributed by atoms with Crippen molar-refractivity contribution in [2.75, 3.05) is 6.54 Å². The van der Waals surface area contributed by atoms with Gasteiger partial charge in [0.2, 0.25) is 0 Å². The number of aromatic nitrogens is 3. The van der Waals surface area contributed by atoms with Crippen molar-refractivity contribution in [3.8, 4) is 11.4 Å². The van der Waals surface area contributed by atoms with Crippen LogP contribution in [0.2, 0.25) is 0 Å². The Hall–Kier alpha value is -1.55. The predicted octanol–water partition coefficient (Wildman–Crippen LogP) is 0.906. The van der Waals surface area contributed by atoms with Gasteiger partial charge < -0.3 is 10.7 Å². The van der Waals surface area contributed by atoms with Gasteiger partial charge in [0.25, 0.3) is 0 Å². The third-order valence-electron chi connectivity index (χ3n) is 2.00. The highest BCUT2D eigenvalue weighted by atomic mass is 15.1. The Labute approximate surface area is 76.2 Å². The van der Waals surface area contributed by atoms with Crippen molar-refractivity contribution in [2.24, 2.45) is 5.73 Å². The molecular formula is C9H12N4. The number of nitrogens with zero attached hydrogens (tertiary/aromatic N) is 1. The minimum absolute atomic E-state index is 0.646. The summed E-state index contributed by atoms with van der Waals surface area (Å²) in [6.07, 6.45) is 4.57. The van der Waals surface area contributed by atoms with E-state index in [0.29, 0.717) is 6.54 Å². The van der Waals surface area contributed by atoms with Crippen LogP contribution in [-0.2, 0) is 6.42 Å². The average molecular weight is 176 g/mol. The summed E-state index contributed by atoms with van der Waals surface area (Å²) < 4.78 is 0. The molecule has 0 saturated heterocycles. The van der Waals surface area contributed by atoms with E-state index in [2.05, 4.69) is 15.2 Å². The molecule has 2 aromatic rings. The highest BCUT2D eigenvalue weighted by Gasteiger charge is 2.06. The van der Waals surface area contributed by atoms with Crippen LogP contribution in [0, 0.1) is 0 Å². The summed E-state index contributed by atoms with van der Waals surface area (Å²) in [6.45, 7) is 0.646. The van der Waals surface area contributed by atoms with Gasteiger partial charge in [0.05, 0.1) is 17.6 Å². The van der Waals surface area contributed by atoms with E-state index in [4.69, 9.17) is 5.73 Å². The van der Waals surface area contributed by atoms with Crippen molar-refractivity contribution >= 4 is 0 Å². The molecule has 4 N–H and O–H groups in total. The Balaban J connectivity index is 2.35. The maximum absolute atomic E-state index is 5.49. The van der Waals surface area contributed by atoms with Crippen LogP contribution >= 0.6 is 0 Å². The van der Waals surface area contributed by atoms with E-state index in [9.17, 15) is 0 Å². The third kappa shape index (κ3) is 1.48. The Kier molecular flexibility index (Phi) is 2.14. The standard InChI is InChI=1S/C9H12N4/c10-4-3-7-6-12-13-9(7)8-2-1-5-11-8/h1-2,5-6,11H,3-4,10H2,(H,12,13). The number of nitrogens with one attached hydrogen (secondary N) is 2. The SMILES string of the molecule is NCCc1cn[nH]c1-c1ccc[nH]1. The molecule has 68 valence electrons. The lowest BCUT2D eigenvalue weighted by Crippen LogP contribution is -2.02. The Bertz CT molecular complexity index is 361. The monoisotopic (exact) mass is 176 g/mol. The molecule has 13 heavy (non-hydrogen) atoms. The van der Waals surface area contributed by atoms with Crippen molar-refractivity contribution < 1.29 is 0 Å². The zero-order valence-electron chi connectivity index (χ0n) is 7.25. The summed E-state index contributed by atoms with van der Waals surface area (Å²) in [6, 6.07) is 3.97. The topological polar surface area (TPSA) is 70.5 Å². The minimum Gasteiger partial charge on any atom is -0.360 e. The third-order valence-corrected chi connectivity index (χ3v) is 2.00. The molecule has 0 saturated carbocycles. The second-order valence-corrected chi connectivity index (χ2v) is 2.89. The zero-order chi connectivity index (χ0) is 9.10. The van der Waals surface area contributed by atoms with Crippen LogP contribution in [0.3, 0.4) is 0 Å². The molecule has 0 aliphatic carbocycles. The number of H-pyrrole nitrogens is 2. The molecular weight excluding hydrogens is 164 g/mol. The summed E-state index contributed by atoms with van der Waals surface area (Å²) in [5.41, 5.74) is 8.74. The van der Waals surface area contributed by atoms with Gasteiger partial charge in [0.1, 0.15) is 0 Å². The molecule has 0 amide bonds. The maximum Gasteiger partial charge on any atom is 0.0844 e. The van der Waals surface area contributed by atoms with Crippen molar-refractivity contribution in [2.45, 2.75) is 6.42 Å². The summed E-state index contributed by atoms with van der Waals surface area (Å²) in [5.74, 6) is 0. The van der Waals surface area contributed by atoms with E-state index in [-0.39, 0.29) is 0 Å². The van der Waals surface area contributed by atoms with E-state index in [1.165, 1.54) is 0 Å². The number of nitrogens with two attached hydrogens (primary N) is 1. The van der Waals surface area contributed by atoms with E-state index < -0.39 is 0 Å². The number of rotatable bonds is 3. The fraction of sp³-hybridized carbons (Fsp3) is 0.222. The van der Waals surface area contributed by atoms with E-state index in [0.717, 1.165) is 23.4 Å². The second-order valence-electron chi connectivity index (χ2n) is 2.89. The van der Waals surface area contributed by atoms with Gasteiger partial charge in [-0.05, 0) is 25.1 Å². The molecule has 0 atom stereocenters. The quantitative estimate of drug-likeness (QED) is 0.650. The summed E-state index contributed by atoms with van der Waals surface area (Å²) in [4.78, 5) is 3.13. The smallest absolute Gasteiger partial charge is 0.0844 e. The summed E-state index contributed by atoms with van der Waals surface area (Å²) >= 11 is 0. The number of hydrogen-bond donors (Lipinski definition) is 3. The van der Waals surface area contributed by atoms with E-state index in [1.54, 1.807) is 0 Å². The first-order chi connectivity index (χ1) is 6.42. The van der Waals surface area contributed by atoms with Gasteiger partial charge in [-0.25, -0.2) is 0 Å². The van der Waals surface area contributed by atoms with Crippen LogP contribution in [0.15, 0.2) is 24.5 Å². The fourth-order valence-electron chi connectivity index (χ4n) is 1.38. The molecule has 2 rings (SSSR count). The van der Waals surface area contributed by atoms with Crippen molar-refractivity contribution in [1.29, 1.82) is 0 Å². The molecule has 2 heterocycles. The molecule has 0 unspecified atom stereocenters. The predicted molar refractivity (Wildman–Crippen MR) is 51.1 cm³/mol. The second kappa shape index (κ2) is 3.45. The highest BCUT2D eigenvalue weighted by Crippen LogP contribution is 2.18. The summed E-state index contributed by atoms with van der Waals surface area (Å²) in [7, 11) is 0. The van der Waals surface area contributed by atoms with Gasteiger partial charge in [-0.3, -0.25) is 5.10 Å². The lowest BCUT2D eigenvalue weighted by Gasteiger charge is -1.97. The molecule has 2 aromatic heterocycles. The molecule has 4 heteroatoms. The molecule has 4 nitrogen and oxygen atoms in total. The van der Waals surface area contributed by atoms with Crippen LogP contribution in [0.5, 0.6) is 0 Å². The normalized spacial score (nSPS) is 10.5. The first-order valence-corrected chi connectivity index (χ1v) is 4.28. The van der Waals surface area contributed by atoms with Crippen molar-refractivity contribution in [3.63, 3.8) is 0 Å². The molecule has 0 spiro atoms. The highest BCUT2D eigenvalue weighted by molar-refractivity contribution is 5.58. The van der Waals surface area contributed by atoms with Gasteiger partial charge in [0.15, 0.2) is 0 Å². The first kappa shape index (κ1) is 8.07. The molecule has 0 radical (unpaired) electrons. The van der Waals surface area contributed by atoms with Crippen LogP contribution < -0.4 is 5.73 Å².